The first kappa shape index (κ1) is 22.1. The highest BCUT2D eigenvalue weighted by Gasteiger charge is 2.29. The van der Waals surface area contributed by atoms with Crippen LogP contribution in [-0.2, 0) is 20.0 Å². The molecule has 0 bridgehead atoms. The summed E-state index contributed by atoms with van der Waals surface area (Å²) in [5.41, 5.74) is -0.264. The van der Waals surface area contributed by atoms with Gasteiger partial charge in [0.25, 0.3) is 0 Å². The molecular formula is C14H23ClFN3O4S2. The number of halogens is 2. The van der Waals surface area contributed by atoms with E-state index >= 15 is 0 Å². The van der Waals surface area contributed by atoms with E-state index in [2.05, 4.69) is 10.0 Å². The topological polar surface area (TPSA) is 95.6 Å². The highest BCUT2D eigenvalue weighted by atomic mass is 35.5. The first-order valence-electron chi connectivity index (χ1n) is 7.66. The SMILES string of the molecule is CCS(=O)(=O)Nc1ccc(S(=O)(=O)N(C)C2CCNCC2)cc1F.Cl. The van der Waals surface area contributed by atoms with Gasteiger partial charge in [-0.3, -0.25) is 4.72 Å². The molecule has 1 heterocycles. The Morgan fingerprint density at radius 2 is 1.84 bits per heavy atom. The molecule has 0 aliphatic carbocycles. The maximum atomic E-state index is 14.1. The first-order chi connectivity index (χ1) is 11.2. The van der Waals surface area contributed by atoms with Crippen LogP contribution in [0.4, 0.5) is 10.1 Å². The molecule has 0 atom stereocenters. The minimum Gasteiger partial charge on any atom is -0.317 e. The van der Waals surface area contributed by atoms with E-state index < -0.39 is 25.9 Å². The minimum atomic E-state index is -3.84. The largest absolute Gasteiger partial charge is 0.317 e. The molecule has 11 heteroatoms. The normalized spacial score (nSPS) is 16.5. The molecule has 1 aliphatic heterocycles. The van der Waals surface area contributed by atoms with E-state index in [9.17, 15) is 21.2 Å². The van der Waals surface area contributed by atoms with Crippen LogP contribution in [0.3, 0.4) is 0 Å². The number of nitrogens with one attached hydrogen (secondary N) is 2. The Kier molecular flexibility index (Phi) is 7.63. The number of nitrogens with zero attached hydrogens (tertiary/aromatic N) is 1. The van der Waals surface area contributed by atoms with Gasteiger partial charge in [-0.1, -0.05) is 0 Å². The fourth-order valence-corrected chi connectivity index (χ4v) is 4.58. The molecular weight excluding hydrogens is 393 g/mol. The summed E-state index contributed by atoms with van der Waals surface area (Å²) in [6.45, 7) is 2.89. The molecule has 2 N–H and O–H groups in total. The van der Waals surface area contributed by atoms with Crippen LogP contribution in [0.1, 0.15) is 19.8 Å². The quantitative estimate of drug-likeness (QED) is 0.731. The van der Waals surface area contributed by atoms with Gasteiger partial charge in [-0.05, 0) is 51.1 Å². The number of rotatable bonds is 6. The highest BCUT2D eigenvalue weighted by Crippen LogP contribution is 2.24. The van der Waals surface area contributed by atoms with Crippen molar-refractivity contribution in [2.24, 2.45) is 0 Å². The summed E-state index contributed by atoms with van der Waals surface area (Å²) in [6.07, 6.45) is 1.37. The molecule has 7 nitrogen and oxygen atoms in total. The maximum Gasteiger partial charge on any atom is 0.243 e. The zero-order valence-electron chi connectivity index (χ0n) is 14.0. The number of sulfonamides is 2. The summed E-state index contributed by atoms with van der Waals surface area (Å²) >= 11 is 0. The summed E-state index contributed by atoms with van der Waals surface area (Å²) in [5, 5.41) is 3.16. The van der Waals surface area contributed by atoms with Gasteiger partial charge < -0.3 is 5.32 Å². The molecule has 1 aromatic carbocycles. The predicted octanol–water partition coefficient (Wildman–Crippen LogP) is 1.38. The molecule has 144 valence electrons. The molecule has 1 saturated heterocycles. The number of hydrogen-bond donors (Lipinski definition) is 2. The van der Waals surface area contributed by atoms with Crippen molar-refractivity contribution in [3.63, 3.8) is 0 Å². The number of piperidine rings is 1. The van der Waals surface area contributed by atoms with Crippen LogP contribution in [0.2, 0.25) is 0 Å². The third-order valence-electron chi connectivity index (χ3n) is 4.09. The molecule has 0 amide bonds. The van der Waals surface area contributed by atoms with E-state index in [0.29, 0.717) is 12.8 Å². The average Bonchev–Trinajstić information content (AvgIpc) is 2.56. The van der Waals surface area contributed by atoms with Gasteiger partial charge >= 0.3 is 0 Å². The molecule has 1 fully saturated rings. The second kappa shape index (κ2) is 8.63. The van der Waals surface area contributed by atoms with Crippen LogP contribution < -0.4 is 10.0 Å². The van der Waals surface area contributed by atoms with Gasteiger partial charge in [0.2, 0.25) is 20.0 Å². The predicted molar refractivity (Wildman–Crippen MR) is 97.6 cm³/mol. The highest BCUT2D eigenvalue weighted by molar-refractivity contribution is 7.92. The Hall–Kier alpha value is -0.940. The monoisotopic (exact) mass is 415 g/mol. The molecule has 0 aromatic heterocycles. The van der Waals surface area contributed by atoms with Crippen LogP contribution in [0.25, 0.3) is 0 Å². The third-order valence-corrected chi connectivity index (χ3v) is 7.28. The van der Waals surface area contributed by atoms with E-state index in [0.717, 1.165) is 25.2 Å². The molecule has 2 rings (SSSR count). The van der Waals surface area contributed by atoms with Crippen LogP contribution in [0, 0.1) is 5.82 Å². The lowest BCUT2D eigenvalue weighted by Gasteiger charge is -2.30. The lowest BCUT2D eigenvalue weighted by Crippen LogP contribution is -2.43. The van der Waals surface area contributed by atoms with Crippen molar-refractivity contribution in [3.05, 3.63) is 24.0 Å². The standard InChI is InChI=1S/C14H22FN3O4S2.ClH/c1-3-23(19,20)17-14-5-4-12(10-13(14)15)24(21,22)18(2)11-6-8-16-9-7-11;/h4-5,10-11,16-17H,3,6-9H2,1-2H3;1H. The zero-order valence-corrected chi connectivity index (χ0v) is 16.5. The van der Waals surface area contributed by atoms with E-state index in [1.54, 1.807) is 0 Å². The van der Waals surface area contributed by atoms with E-state index in [-0.39, 0.29) is 34.8 Å². The fraction of sp³-hybridized carbons (Fsp3) is 0.571. The Balaban J connectivity index is 0.00000312. The fourth-order valence-electron chi connectivity index (χ4n) is 2.51. The Labute approximate surface area is 154 Å². The third kappa shape index (κ3) is 5.27. The smallest absolute Gasteiger partial charge is 0.243 e. The molecule has 1 aliphatic rings. The lowest BCUT2D eigenvalue weighted by atomic mass is 10.1. The van der Waals surface area contributed by atoms with Crippen molar-refractivity contribution < 1.29 is 21.2 Å². The van der Waals surface area contributed by atoms with E-state index in [1.165, 1.54) is 24.3 Å². The van der Waals surface area contributed by atoms with Gasteiger partial charge in [0.1, 0.15) is 5.82 Å². The van der Waals surface area contributed by atoms with Crippen molar-refractivity contribution in [2.45, 2.75) is 30.7 Å². The Bertz CT molecular complexity index is 796. The van der Waals surface area contributed by atoms with Crippen LogP contribution in [0.15, 0.2) is 23.1 Å². The lowest BCUT2D eigenvalue weighted by molar-refractivity contribution is 0.296. The Morgan fingerprint density at radius 3 is 2.36 bits per heavy atom. The van der Waals surface area contributed by atoms with Crippen molar-refractivity contribution in [1.82, 2.24) is 9.62 Å². The number of benzene rings is 1. The van der Waals surface area contributed by atoms with Gasteiger partial charge in [0, 0.05) is 13.1 Å². The summed E-state index contributed by atoms with van der Waals surface area (Å²) < 4.78 is 65.8. The summed E-state index contributed by atoms with van der Waals surface area (Å²) in [4.78, 5) is -0.194. The van der Waals surface area contributed by atoms with E-state index in [1.807, 2.05) is 0 Å². The summed E-state index contributed by atoms with van der Waals surface area (Å²) in [7, 11) is -5.99. The molecule has 0 radical (unpaired) electrons. The molecule has 0 unspecified atom stereocenters. The molecule has 0 spiro atoms. The first-order valence-corrected chi connectivity index (χ1v) is 10.8. The van der Waals surface area contributed by atoms with Gasteiger partial charge in [-0.15, -0.1) is 12.4 Å². The summed E-state index contributed by atoms with van der Waals surface area (Å²) in [5.74, 6) is -1.13. The van der Waals surface area contributed by atoms with Crippen LogP contribution >= 0.6 is 12.4 Å². The van der Waals surface area contributed by atoms with Crippen molar-refractivity contribution in [2.75, 3.05) is 30.6 Å². The maximum absolute atomic E-state index is 14.1. The Morgan fingerprint density at radius 1 is 1.24 bits per heavy atom. The van der Waals surface area contributed by atoms with Crippen molar-refractivity contribution >= 4 is 38.1 Å². The minimum absolute atomic E-state index is 0. The molecule has 25 heavy (non-hydrogen) atoms. The van der Waals surface area contributed by atoms with Gasteiger partial charge in [0.15, 0.2) is 0 Å². The van der Waals surface area contributed by atoms with E-state index in [4.69, 9.17) is 0 Å². The second-order valence-electron chi connectivity index (χ2n) is 5.65. The van der Waals surface area contributed by atoms with Crippen molar-refractivity contribution in [1.29, 1.82) is 0 Å². The number of hydrogen-bond acceptors (Lipinski definition) is 5. The molecule has 0 saturated carbocycles. The van der Waals surface area contributed by atoms with Crippen molar-refractivity contribution in [3.8, 4) is 0 Å². The van der Waals surface area contributed by atoms with Crippen LogP contribution in [-0.4, -0.2) is 53.1 Å². The second-order valence-corrected chi connectivity index (χ2v) is 9.66. The molecule has 1 aromatic rings. The van der Waals surface area contributed by atoms with Gasteiger partial charge in [-0.25, -0.2) is 21.2 Å². The zero-order chi connectivity index (χ0) is 18.0. The number of anilines is 1. The summed E-state index contributed by atoms with van der Waals surface area (Å²) in [6, 6.07) is 3.05. The average molecular weight is 416 g/mol. The van der Waals surface area contributed by atoms with Crippen LogP contribution in [0.5, 0.6) is 0 Å². The van der Waals surface area contributed by atoms with Gasteiger partial charge in [-0.2, -0.15) is 4.31 Å². The van der Waals surface area contributed by atoms with Gasteiger partial charge in [0.05, 0.1) is 16.3 Å².